The SMILES string of the molecule is Cc1cc(C(=O)NCCCS(C)=O)ccc1F. The summed E-state index contributed by atoms with van der Waals surface area (Å²) in [6.07, 6.45) is 2.31. The van der Waals surface area contributed by atoms with Crippen LogP contribution in [0, 0.1) is 12.7 Å². The highest BCUT2D eigenvalue weighted by Gasteiger charge is 2.06. The molecule has 0 aliphatic rings. The molecular weight excluding hydrogens is 241 g/mol. The van der Waals surface area contributed by atoms with Gasteiger partial charge in [0.1, 0.15) is 5.82 Å². The fraction of sp³-hybridized carbons (Fsp3) is 0.417. The lowest BCUT2D eigenvalue weighted by Gasteiger charge is -2.05. The van der Waals surface area contributed by atoms with E-state index in [1.54, 1.807) is 13.2 Å². The van der Waals surface area contributed by atoms with E-state index < -0.39 is 10.8 Å². The summed E-state index contributed by atoms with van der Waals surface area (Å²) in [6.45, 7) is 2.10. The van der Waals surface area contributed by atoms with Gasteiger partial charge in [0.2, 0.25) is 0 Å². The Labute approximate surface area is 103 Å². The fourth-order valence-electron chi connectivity index (χ4n) is 1.37. The Kier molecular flexibility index (Phi) is 5.28. The van der Waals surface area contributed by atoms with Crippen LogP contribution in [0.1, 0.15) is 22.3 Å². The van der Waals surface area contributed by atoms with Crippen molar-refractivity contribution in [3.63, 3.8) is 0 Å². The van der Waals surface area contributed by atoms with Gasteiger partial charge in [0.05, 0.1) is 0 Å². The van der Waals surface area contributed by atoms with Crippen LogP contribution in [0.3, 0.4) is 0 Å². The van der Waals surface area contributed by atoms with E-state index >= 15 is 0 Å². The van der Waals surface area contributed by atoms with E-state index in [4.69, 9.17) is 0 Å². The van der Waals surface area contributed by atoms with E-state index in [9.17, 15) is 13.4 Å². The van der Waals surface area contributed by atoms with Gasteiger partial charge < -0.3 is 5.32 Å². The Hall–Kier alpha value is -1.23. The second kappa shape index (κ2) is 6.49. The number of carbonyl (C=O) groups is 1. The maximum atomic E-state index is 13.0. The van der Waals surface area contributed by atoms with Gasteiger partial charge in [-0.3, -0.25) is 9.00 Å². The molecule has 0 radical (unpaired) electrons. The standard InChI is InChI=1S/C12H16FNO2S/c1-9-8-10(4-5-11(9)13)12(15)14-6-3-7-17(2)16/h4-5,8H,3,6-7H2,1-2H3,(H,14,15). The first-order valence-electron chi connectivity index (χ1n) is 5.35. The van der Waals surface area contributed by atoms with E-state index in [0.29, 0.717) is 29.8 Å². The molecule has 5 heteroatoms. The molecule has 0 saturated carbocycles. The van der Waals surface area contributed by atoms with Crippen LogP contribution in [0.5, 0.6) is 0 Å². The molecule has 0 aromatic heterocycles. The first-order valence-corrected chi connectivity index (χ1v) is 7.08. The molecule has 1 aromatic rings. The maximum Gasteiger partial charge on any atom is 0.251 e. The molecule has 0 spiro atoms. The number of amides is 1. The van der Waals surface area contributed by atoms with E-state index in [-0.39, 0.29) is 11.7 Å². The molecular formula is C12H16FNO2S. The minimum atomic E-state index is -0.832. The summed E-state index contributed by atoms with van der Waals surface area (Å²) in [4.78, 5) is 11.6. The molecule has 1 atom stereocenters. The Balaban J connectivity index is 2.47. The van der Waals surface area contributed by atoms with Crippen LogP contribution in [-0.2, 0) is 10.8 Å². The Morgan fingerprint density at radius 3 is 2.76 bits per heavy atom. The van der Waals surface area contributed by atoms with Crippen molar-refractivity contribution in [2.75, 3.05) is 18.6 Å². The first-order chi connectivity index (χ1) is 8.00. The number of aryl methyl sites for hydroxylation is 1. The largest absolute Gasteiger partial charge is 0.352 e. The summed E-state index contributed by atoms with van der Waals surface area (Å²) in [5.41, 5.74) is 0.897. The zero-order chi connectivity index (χ0) is 12.8. The van der Waals surface area contributed by atoms with Crippen molar-refractivity contribution in [2.45, 2.75) is 13.3 Å². The monoisotopic (exact) mass is 257 g/mol. The summed E-state index contributed by atoms with van der Waals surface area (Å²) in [5.74, 6) is 0.0286. The minimum absolute atomic E-state index is 0.227. The molecule has 3 nitrogen and oxygen atoms in total. The zero-order valence-corrected chi connectivity index (χ0v) is 10.8. The molecule has 0 heterocycles. The predicted molar refractivity (Wildman–Crippen MR) is 67.0 cm³/mol. The molecule has 1 amide bonds. The van der Waals surface area contributed by atoms with E-state index in [2.05, 4.69) is 5.32 Å². The highest BCUT2D eigenvalue weighted by molar-refractivity contribution is 7.84. The van der Waals surface area contributed by atoms with Gasteiger partial charge in [-0.1, -0.05) is 0 Å². The molecule has 17 heavy (non-hydrogen) atoms. The second-order valence-corrected chi connectivity index (χ2v) is 5.41. The molecule has 0 fully saturated rings. The number of hydrogen-bond donors (Lipinski definition) is 1. The van der Waals surface area contributed by atoms with Crippen molar-refractivity contribution >= 4 is 16.7 Å². The number of rotatable bonds is 5. The lowest BCUT2D eigenvalue weighted by atomic mass is 10.1. The summed E-state index contributed by atoms with van der Waals surface area (Å²) >= 11 is 0. The average molecular weight is 257 g/mol. The summed E-state index contributed by atoms with van der Waals surface area (Å²) in [7, 11) is -0.832. The topological polar surface area (TPSA) is 46.2 Å². The third-order valence-corrected chi connectivity index (χ3v) is 3.18. The van der Waals surface area contributed by atoms with Crippen LogP contribution in [0.15, 0.2) is 18.2 Å². The number of halogens is 1. The molecule has 0 aliphatic heterocycles. The van der Waals surface area contributed by atoms with Gasteiger partial charge in [0.25, 0.3) is 5.91 Å². The van der Waals surface area contributed by atoms with Crippen molar-refractivity contribution in [3.05, 3.63) is 35.1 Å². The fourth-order valence-corrected chi connectivity index (χ4v) is 1.92. The molecule has 0 aliphatic carbocycles. The number of benzene rings is 1. The molecule has 1 aromatic carbocycles. The number of carbonyl (C=O) groups excluding carboxylic acids is 1. The third kappa shape index (κ3) is 4.65. The zero-order valence-electron chi connectivity index (χ0n) is 9.96. The van der Waals surface area contributed by atoms with Gasteiger partial charge in [-0.25, -0.2) is 4.39 Å². The van der Waals surface area contributed by atoms with Crippen LogP contribution in [0.4, 0.5) is 4.39 Å². The molecule has 1 rings (SSSR count). The predicted octanol–water partition coefficient (Wildman–Crippen LogP) is 1.63. The quantitative estimate of drug-likeness (QED) is 0.815. The van der Waals surface area contributed by atoms with Gasteiger partial charge in [0.15, 0.2) is 0 Å². The lowest BCUT2D eigenvalue weighted by molar-refractivity contribution is 0.0953. The summed E-state index contributed by atoms with van der Waals surface area (Å²) in [5, 5.41) is 2.71. The summed E-state index contributed by atoms with van der Waals surface area (Å²) in [6, 6.07) is 4.25. The second-order valence-electron chi connectivity index (χ2n) is 3.85. The van der Waals surface area contributed by atoms with E-state index in [1.165, 1.54) is 18.2 Å². The molecule has 0 bridgehead atoms. The Bertz CT molecular complexity index is 435. The van der Waals surface area contributed by atoms with Crippen LogP contribution in [0.25, 0.3) is 0 Å². The van der Waals surface area contributed by atoms with Gasteiger partial charge in [-0.2, -0.15) is 0 Å². The van der Waals surface area contributed by atoms with Crippen molar-refractivity contribution in [2.24, 2.45) is 0 Å². The van der Waals surface area contributed by atoms with Gasteiger partial charge in [0, 0.05) is 34.9 Å². The van der Waals surface area contributed by atoms with Gasteiger partial charge in [-0.05, 0) is 37.1 Å². The smallest absolute Gasteiger partial charge is 0.251 e. The summed E-state index contributed by atoms with van der Waals surface area (Å²) < 4.78 is 23.8. The molecule has 94 valence electrons. The van der Waals surface area contributed by atoms with Crippen molar-refractivity contribution in [1.82, 2.24) is 5.32 Å². The van der Waals surface area contributed by atoms with E-state index in [1.807, 2.05) is 0 Å². The normalized spacial score (nSPS) is 12.2. The van der Waals surface area contributed by atoms with Gasteiger partial charge in [-0.15, -0.1) is 0 Å². The first kappa shape index (κ1) is 13.8. The molecule has 1 unspecified atom stereocenters. The van der Waals surface area contributed by atoms with Crippen LogP contribution >= 0.6 is 0 Å². The molecule has 1 N–H and O–H groups in total. The van der Waals surface area contributed by atoms with Gasteiger partial charge >= 0.3 is 0 Å². The molecule has 0 saturated heterocycles. The van der Waals surface area contributed by atoms with E-state index in [0.717, 1.165) is 0 Å². The minimum Gasteiger partial charge on any atom is -0.352 e. The highest BCUT2D eigenvalue weighted by Crippen LogP contribution is 2.08. The van der Waals surface area contributed by atoms with Crippen molar-refractivity contribution < 1.29 is 13.4 Å². The maximum absolute atomic E-state index is 13.0. The highest BCUT2D eigenvalue weighted by atomic mass is 32.2. The van der Waals surface area contributed by atoms with Crippen LogP contribution in [0.2, 0.25) is 0 Å². The number of nitrogens with one attached hydrogen (secondary N) is 1. The van der Waals surface area contributed by atoms with Crippen LogP contribution < -0.4 is 5.32 Å². The Morgan fingerprint density at radius 1 is 1.47 bits per heavy atom. The van der Waals surface area contributed by atoms with Crippen molar-refractivity contribution in [3.8, 4) is 0 Å². The Morgan fingerprint density at radius 2 is 2.18 bits per heavy atom. The van der Waals surface area contributed by atoms with Crippen molar-refractivity contribution in [1.29, 1.82) is 0 Å². The number of hydrogen-bond acceptors (Lipinski definition) is 2. The average Bonchev–Trinajstić information content (AvgIpc) is 2.27. The van der Waals surface area contributed by atoms with Crippen LogP contribution in [-0.4, -0.2) is 28.7 Å². The third-order valence-electron chi connectivity index (χ3n) is 2.31. The lowest BCUT2D eigenvalue weighted by Crippen LogP contribution is -2.25.